The first-order valence-electron chi connectivity index (χ1n) is 13.3. The van der Waals surface area contributed by atoms with E-state index in [0.717, 1.165) is 42.8 Å². The van der Waals surface area contributed by atoms with Gasteiger partial charge in [-0.3, -0.25) is 9.59 Å². The second kappa shape index (κ2) is 13.3. The summed E-state index contributed by atoms with van der Waals surface area (Å²) in [7, 11) is 0. The van der Waals surface area contributed by atoms with E-state index in [2.05, 4.69) is 25.7 Å². The van der Waals surface area contributed by atoms with Gasteiger partial charge in [-0.1, -0.05) is 39.3 Å². The molecule has 0 aliphatic carbocycles. The minimum Gasteiger partial charge on any atom is -0.507 e. The molecule has 3 rings (SSSR count). The highest BCUT2D eigenvalue weighted by Gasteiger charge is 2.46. The van der Waals surface area contributed by atoms with Gasteiger partial charge in [0.15, 0.2) is 0 Å². The Bertz CT molecular complexity index is 1110. The number of nitrogens with zero attached hydrogens (tertiary/aromatic N) is 2. The zero-order valence-corrected chi connectivity index (χ0v) is 22.8. The van der Waals surface area contributed by atoms with Crippen LogP contribution in [0.5, 0.6) is 11.5 Å². The molecule has 2 aromatic rings. The van der Waals surface area contributed by atoms with Crippen LogP contribution in [0.2, 0.25) is 0 Å². The van der Waals surface area contributed by atoms with Crippen LogP contribution in [0.15, 0.2) is 48.0 Å². The number of hydrogen-bond donors (Lipinski definition) is 1. The number of likely N-dealkylation sites (N-methyl/N-ethyl adjacent to an activating group) is 1. The summed E-state index contributed by atoms with van der Waals surface area (Å²) in [6.45, 7) is 13.9. The number of carbonyl (C=O) groups excluding carboxylic acids is 2. The smallest absolute Gasteiger partial charge is 0.295 e. The molecule has 1 amide bonds. The van der Waals surface area contributed by atoms with Crippen LogP contribution in [-0.4, -0.2) is 66.0 Å². The first-order chi connectivity index (χ1) is 17.9. The molecule has 1 aliphatic rings. The van der Waals surface area contributed by atoms with E-state index < -0.39 is 17.7 Å². The quantitative estimate of drug-likeness (QED) is 0.170. The van der Waals surface area contributed by atoms with Gasteiger partial charge in [0, 0.05) is 18.7 Å². The molecular weight excluding hydrogens is 468 g/mol. The molecule has 1 saturated heterocycles. The SMILES string of the molecule is CCCCOc1ccc(/C(O)=C2\C(=O)C(=O)N(CCN(CC)CC)C2c2ccc(OCC)cc2)cc1C. The molecule has 1 unspecified atom stereocenters. The van der Waals surface area contributed by atoms with Crippen LogP contribution in [0.3, 0.4) is 0 Å². The number of carbonyl (C=O) groups is 2. The Morgan fingerprint density at radius 3 is 2.30 bits per heavy atom. The monoisotopic (exact) mass is 508 g/mol. The van der Waals surface area contributed by atoms with Gasteiger partial charge >= 0.3 is 0 Å². The average Bonchev–Trinajstić information content (AvgIpc) is 3.15. The van der Waals surface area contributed by atoms with Crippen LogP contribution in [0, 0.1) is 6.92 Å². The van der Waals surface area contributed by atoms with Crippen LogP contribution in [-0.2, 0) is 9.59 Å². The molecule has 0 radical (unpaired) electrons. The van der Waals surface area contributed by atoms with Crippen LogP contribution in [0.25, 0.3) is 5.76 Å². The molecule has 7 heteroatoms. The molecule has 1 atom stereocenters. The van der Waals surface area contributed by atoms with Gasteiger partial charge in [-0.15, -0.1) is 0 Å². The minimum absolute atomic E-state index is 0.104. The maximum absolute atomic E-state index is 13.3. The Kier molecular flexibility index (Phi) is 10.1. The van der Waals surface area contributed by atoms with Gasteiger partial charge in [0.1, 0.15) is 17.3 Å². The number of amides is 1. The van der Waals surface area contributed by atoms with E-state index in [4.69, 9.17) is 9.47 Å². The number of benzene rings is 2. The number of aliphatic hydroxyl groups is 1. The third-order valence-electron chi connectivity index (χ3n) is 6.80. The highest BCUT2D eigenvalue weighted by molar-refractivity contribution is 6.46. The molecule has 1 heterocycles. The van der Waals surface area contributed by atoms with Crippen LogP contribution in [0.1, 0.15) is 63.3 Å². The minimum atomic E-state index is -0.688. The molecule has 37 heavy (non-hydrogen) atoms. The lowest BCUT2D eigenvalue weighted by Crippen LogP contribution is -2.38. The summed E-state index contributed by atoms with van der Waals surface area (Å²) >= 11 is 0. The van der Waals surface area contributed by atoms with Crippen molar-refractivity contribution < 1.29 is 24.2 Å². The van der Waals surface area contributed by atoms with Crippen molar-refractivity contribution >= 4 is 17.4 Å². The van der Waals surface area contributed by atoms with Crippen molar-refractivity contribution in [1.29, 1.82) is 0 Å². The van der Waals surface area contributed by atoms with E-state index in [0.29, 0.717) is 37.6 Å². The summed E-state index contributed by atoms with van der Waals surface area (Å²) in [6.07, 6.45) is 2.00. The number of ketones is 1. The Morgan fingerprint density at radius 2 is 1.70 bits per heavy atom. The van der Waals surface area contributed by atoms with Crippen molar-refractivity contribution in [2.24, 2.45) is 0 Å². The fourth-order valence-electron chi connectivity index (χ4n) is 4.60. The molecule has 1 N–H and O–H groups in total. The van der Waals surface area contributed by atoms with Crippen molar-refractivity contribution in [3.05, 3.63) is 64.7 Å². The lowest BCUT2D eigenvalue weighted by Gasteiger charge is -2.28. The molecule has 0 bridgehead atoms. The highest BCUT2D eigenvalue weighted by atomic mass is 16.5. The van der Waals surface area contributed by atoms with Crippen molar-refractivity contribution in [3.63, 3.8) is 0 Å². The lowest BCUT2D eigenvalue weighted by atomic mass is 9.94. The zero-order valence-electron chi connectivity index (χ0n) is 22.8. The number of rotatable bonds is 13. The van der Waals surface area contributed by atoms with Crippen LogP contribution < -0.4 is 9.47 Å². The summed E-state index contributed by atoms with van der Waals surface area (Å²) in [5.74, 6) is 0.0137. The van der Waals surface area contributed by atoms with Gasteiger partial charge in [0.05, 0.1) is 24.8 Å². The average molecular weight is 509 g/mol. The molecule has 1 aliphatic heterocycles. The summed E-state index contributed by atoms with van der Waals surface area (Å²) < 4.78 is 11.4. The molecule has 0 saturated carbocycles. The predicted molar refractivity (Wildman–Crippen MR) is 146 cm³/mol. The van der Waals surface area contributed by atoms with E-state index in [1.165, 1.54) is 0 Å². The van der Waals surface area contributed by atoms with E-state index in [9.17, 15) is 14.7 Å². The van der Waals surface area contributed by atoms with E-state index in [1.807, 2.05) is 44.2 Å². The summed E-state index contributed by atoms with van der Waals surface area (Å²) in [4.78, 5) is 30.3. The van der Waals surface area contributed by atoms with Gasteiger partial charge in [-0.05, 0) is 74.8 Å². The van der Waals surface area contributed by atoms with Gasteiger partial charge in [-0.25, -0.2) is 0 Å². The molecule has 7 nitrogen and oxygen atoms in total. The normalized spacial score (nSPS) is 17.0. The van der Waals surface area contributed by atoms with Crippen LogP contribution >= 0.6 is 0 Å². The fourth-order valence-corrected chi connectivity index (χ4v) is 4.60. The Hall–Kier alpha value is -3.32. The van der Waals surface area contributed by atoms with Crippen LogP contribution in [0.4, 0.5) is 0 Å². The van der Waals surface area contributed by atoms with E-state index >= 15 is 0 Å². The Labute approximate surface area is 220 Å². The largest absolute Gasteiger partial charge is 0.507 e. The first-order valence-corrected chi connectivity index (χ1v) is 13.3. The van der Waals surface area contributed by atoms with Crippen molar-refractivity contribution in [3.8, 4) is 11.5 Å². The van der Waals surface area contributed by atoms with E-state index in [1.54, 1.807) is 17.0 Å². The molecule has 0 spiro atoms. The third-order valence-corrected chi connectivity index (χ3v) is 6.80. The third kappa shape index (κ3) is 6.52. The molecular formula is C30H40N2O5. The number of aryl methyl sites for hydroxylation is 1. The maximum Gasteiger partial charge on any atom is 0.295 e. The number of hydrogen-bond acceptors (Lipinski definition) is 6. The topological polar surface area (TPSA) is 79.3 Å². The Morgan fingerprint density at radius 1 is 1.00 bits per heavy atom. The Balaban J connectivity index is 2.03. The summed E-state index contributed by atoms with van der Waals surface area (Å²) in [5, 5.41) is 11.4. The number of ether oxygens (including phenoxy) is 2. The lowest BCUT2D eigenvalue weighted by molar-refractivity contribution is -0.140. The van der Waals surface area contributed by atoms with Crippen molar-refractivity contribution in [1.82, 2.24) is 9.80 Å². The van der Waals surface area contributed by atoms with E-state index in [-0.39, 0.29) is 11.3 Å². The number of likely N-dealkylation sites (tertiary alicyclic amines) is 1. The molecule has 0 aromatic heterocycles. The number of unbranched alkanes of at least 4 members (excludes halogenated alkanes) is 1. The standard InChI is InChI=1S/C30H40N2O5/c1-6-10-19-37-25-16-13-23(20-21(25)5)28(33)26-27(22-11-14-24(15-12-22)36-9-4)32(30(35)29(26)34)18-17-31(7-2)8-3/h11-16,20,27,33H,6-10,17-19H2,1-5H3/b28-26+. The first kappa shape index (κ1) is 28.3. The number of Topliss-reactive ketones (excluding diaryl/α,β-unsaturated/α-hetero) is 1. The van der Waals surface area contributed by atoms with Gasteiger partial charge in [-0.2, -0.15) is 0 Å². The zero-order chi connectivity index (χ0) is 26.9. The maximum atomic E-state index is 13.3. The predicted octanol–water partition coefficient (Wildman–Crippen LogP) is 5.34. The second-order valence-corrected chi connectivity index (χ2v) is 9.20. The second-order valence-electron chi connectivity index (χ2n) is 9.20. The number of aliphatic hydroxyl groups excluding tert-OH is 1. The summed E-state index contributed by atoms with van der Waals surface area (Å²) in [6, 6.07) is 12.0. The molecule has 200 valence electrons. The van der Waals surface area contributed by atoms with Gasteiger partial charge < -0.3 is 24.4 Å². The summed E-state index contributed by atoms with van der Waals surface area (Å²) in [5.41, 5.74) is 2.19. The molecule has 2 aromatic carbocycles. The van der Waals surface area contributed by atoms with Crippen molar-refractivity contribution in [2.75, 3.05) is 39.4 Å². The fraction of sp³-hybridized carbons (Fsp3) is 0.467. The van der Waals surface area contributed by atoms with Crippen molar-refractivity contribution in [2.45, 2.75) is 53.5 Å². The van der Waals surface area contributed by atoms with Gasteiger partial charge in [0.25, 0.3) is 11.7 Å². The highest BCUT2D eigenvalue weighted by Crippen LogP contribution is 2.40. The van der Waals surface area contributed by atoms with Gasteiger partial charge in [0.2, 0.25) is 0 Å². The molecule has 1 fully saturated rings.